The quantitative estimate of drug-likeness (QED) is 0.529. The van der Waals surface area contributed by atoms with Crippen LogP contribution < -0.4 is 10.9 Å². The Morgan fingerprint density at radius 1 is 1.15 bits per heavy atom. The van der Waals surface area contributed by atoms with Gasteiger partial charge in [0.2, 0.25) is 5.91 Å². The third kappa shape index (κ3) is 3.71. The van der Waals surface area contributed by atoms with Crippen molar-refractivity contribution in [2.24, 2.45) is 0 Å². The van der Waals surface area contributed by atoms with Gasteiger partial charge in [0.15, 0.2) is 23.1 Å². The molecule has 2 heterocycles. The highest BCUT2D eigenvalue weighted by Crippen LogP contribution is 2.19. The molecule has 27 heavy (non-hydrogen) atoms. The molecule has 0 fully saturated rings. The lowest BCUT2D eigenvalue weighted by molar-refractivity contribution is -0.120. The number of nitrogens with one attached hydrogen (secondary N) is 2. The first-order chi connectivity index (χ1) is 12.8. The van der Waals surface area contributed by atoms with Crippen LogP contribution >= 0.6 is 0 Å². The van der Waals surface area contributed by atoms with Crippen molar-refractivity contribution >= 4 is 17.2 Å². The van der Waals surface area contributed by atoms with Crippen molar-refractivity contribution in [2.75, 3.05) is 5.43 Å². The zero-order valence-electron chi connectivity index (χ0n) is 15.0. The van der Waals surface area contributed by atoms with Crippen LogP contribution in [-0.2, 0) is 11.2 Å². The van der Waals surface area contributed by atoms with E-state index in [1.807, 2.05) is 26.8 Å². The minimum Gasteiger partial charge on any atom is -0.296 e. The Morgan fingerprint density at radius 2 is 1.89 bits per heavy atom. The summed E-state index contributed by atoms with van der Waals surface area (Å²) in [5.74, 6) is -4.73. The van der Waals surface area contributed by atoms with E-state index in [4.69, 9.17) is 0 Å². The largest absolute Gasteiger partial charge is 0.296 e. The first-order valence-corrected chi connectivity index (χ1v) is 8.28. The summed E-state index contributed by atoms with van der Waals surface area (Å²) in [5, 5.41) is 4.38. The zero-order valence-corrected chi connectivity index (χ0v) is 15.0. The van der Waals surface area contributed by atoms with Crippen molar-refractivity contribution in [3.63, 3.8) is 0 Å². The molecular formula is C18H18F3N5O. The second-order valence-corrected chi connectivity index (χ2v) is 6.21. The van der Waals surface area contributed by atoms with E-state index in [2.05, 4.69) is 20.9 Å². The Balaban J connectivity index is 1.66. The van der Waals surface area contributed by atoms with Crippen molar-refractivity contribution in [1.29, 1.82) is 0 Å². The average molecular weight is 377 g/mol. The lowest BCUT2D eigenvalue weighted by Crippen LogP contribution is -2.30. The number of amides is 1. The molecule has 0 atom stereocenters. The fourth-order valence-corrected chi connectivity index (χ4v) is 2.86. The van der Waals surface area contributed by atoms with E-state index in [1.54, 1.807) is 4.52 Å². The van der Waals surface area contributed by atoms with Crippen LogP contribution in [0.1, 0.15) is 29.1 Å². The third-order valence-corrected chi connectivity index (χ3v) is 4.26. The lowest BCUT2D eigenvalue weighted by Gasteiger charge is -2.12. The van der Waals surface area contributed by atoms with Crippen molar-refractivity contribution < 1.29 is 18.0 Å². The van der Waals surface area contributed by atoms with Gasteiger partial charge < -0.3 is 0 Å². The smallest absolute Gasteiger partial charge is 0.238 e. The second kappa shape index (κ2) is 7.26. The van der Waals surface area contributed by atoms with Crippen molar-refractivity contribution in [1.82, 2.24) is 20.0 Å². The fraction of sp³-hybridized carbons (Fsp3) is 0.278. The first kappa shape index (κ1) is 18.7. The molecule has 0 unspecified atom stereocenters. The number of carbonyl (C=O) groups excluding carboxylic acids is 1. The summed E-state index contributed by atoms with van der Waals surface area (Å²) in [7, 11) is 0. The number of anilines is 1. The monoisotopic (exact) mass is 377 g/mol. The van der Waals surface area contributed by atoms with E-state index < -0.39 is 23.4 Å². The number of carbonyl (C=O) groups is 1. The van der Waals surface area contributed by atoms with Gasteiger partial charge in [-0.15, -0.1) is 0 Å². The van der Waals surface area contributed by atoms with Crippen LogP contribution in [0.4, 0.5) is 18.9 Å². The van der Waals surface area contributed by atoms with Crippen LogP contribution in [0.5, 0.6) is 0 Å². The molecule has 0 aliphatic carbocycles. The normalized spacial score (nSPS) is 11.0. The summed E-state index contributed by atoms with van der Waals surface area (Å²) in [6.45, 7) is 5.63. The molecule has 142 valence electrons. The molecule has 6 nitrogen and oxygen atoms in total. The number of nitrogens with zero attached hydrogens (tertiary/aromatic N) is 3. The molecular weight excluding hydrogens is 359 g/mol. The molecule has 3 aromatic rings. The van der Waals surface area contributed by atoms with Crippen molar-refractivity contribution in [3.05, 3.63) is 58.3 Å². The molecule has 0 saturated carbocycles. The molecule has 0 bridgehead atoms. The van der Waals surface area contributed by atoms with E-state index in [9.17, 15) is 18.0 Å². The fourth-order valence-electron chi connectivity index (χ4n) is 2.86. The van der Waals surface area contributed by atoms with Crippen molar-refractivity contribution in [3.8, 4) is 0 Å². The predicted octanol–water partition coefficient (Wildman–Crippen LogP) is 3.15. The third-order valence-electron chi connectivity index (χ3n) is 4.26. The van der Waals surface area contributed by atoms with E-state index in [0.717, 1.165) is 40.4 Å². The van der Waals surface area contributed by atoms with Gasteiger partial charge in [0.1, 0.15) is 0 Å². The van der Waals surface area contributed by atoms with Crippen LogP contribution in [-0.4, -0.2) is 20.5 Å². The highest BCUT2D eigenvalue weighted by atomic mass is 19.2. The molecule has 0 radical (unpaired) electrons. The van der Waals surface area contributed by atoms with Gasteiger partial charge in [-0.05, 0) is 44.9 Å². The number of aryl methyl sites for hydroxylation is 3. The van der Waals surface area contributed by atoms with Crippen LogP contribution in [0.3, 0.4) is 0 Å². The van der Waals surface area contributed by atoms with Crippen LogP contribution in [0, 0.1) is 38.2 Å². The van der Waals surface area contributed by atoms with Gasteiger partial charge in [0.25, 0.3) is 0 Å². The van der Waals surface area contributed by atoms with Gasteiger partial charge >= 0.3 is 0 Å². The van der Waals surface area contributed by atoms with Gasteiger partial charge in [-0.3, -0.25) is 15.6 Å². The SMILES string of the molecule is Cc1cc2nc(C)c(CCC(=O)NNc3ccc(F)c(F)c3F)c(C)n2n1. The minimum absolute atomic E-state index is 0.0907. The maximum Gasteiger partial charge on any atom is 0.238 e. The Morgan fingerprint density at radius 3 is 2.63 bits per heavy atom. The van der Waals surface area contributed by atoms with Gasteiger partial charge in [-0.1, -0.05) is 0 Å². The van der Waals surface area contributed by atoms with E-state index >= 15 is 0 Å². The molecule has 3 rings (SSSR count). The van der Waals surface area contributed by atoms with Crippen molar-refractivity contribution in [2.45, 2.75) is 33.6 Å². The maximum atomic E-state index is 13.6. The molecule has 2 aromatic heterocycles. The van der Waals surface area contributed by atoms with E-state index in [0.29, 0.717) is 6.42 Å². The molecule has 0 aliphatic heterocycles. The summed E-state index contributed by atoms with van der Waals surface area (Å²) >= 11 is 0. The minimum atomic E-state index is -1.60. The summed E-state index contributed by atoms with van der Waals surface area (Å²) < 4.78 is 41.4. The topological polar surface area (TPSA) is 71.3 Å². The van der Waals surface area contributed by atoms with Gasteiger partial charge in [-0.2, -0.15) is 5.10 Å². The summed E-state index contributed by atoms with van der Waals surface area (Å²) in [5.41, 5.74) is 8.35. The van der Waals surface area contributed by atoms with E-state index in [1.165, 1.54) is 0 Å². The standard InChI is InChI=1S/C18H18F3N5O/c1-9-8-15-22-10(2)12(11(3)26(15)25-9)4-7-16(27)24-23-14-6-5-13(19)17(20)18(14)21/h5-6,8,23H,4,7H2,1-3H3,(H,24,27). The summed E-state index contributed by atoms with van der Waals surface area (Å²) in [4.78, 5) is 16.5. The summed E-state index contributed by atoms with van der Waals surface area (Å²) in [6.07, 6.45) is 0.487. The van der Waals surface area contributed by atoms with E-state index in [-0.39, 0.29) is 12.1 Å². The average Bonchev–Trinajstić information content (AvgIpc) is 2.99. The van der Waals surface area contributed by atoms with Gasteiger partial charge in [-0.25, -0.2) is 22.7 Å². The molecule has 0 aliphatic rings. The number of rotatable bonds is 5. The van der Waals surface area contributed by atoms with Crippen LogP contribution in [0.25, 0.3) is 5.65 Å². The number of hydrogen-bond donors (Lipinski definition) is 2. The second-order valence-electron chi connectivity index (χ2n) is 6.21. The molecule has 9 heteroatoms. The molecule has 1 amide bonds. The predicted molar refractivity (Wildman–Crippen MR) is 93.6 cm³/mol. The number of aromatic nitrogens is 3. The molecule has 1 aromatic carbocycles. The molecule has 0 spiro atoms. The molecule has 0 saturated heterocycles. The highest BCUT2D eigenvalue weighted by Gasteiger charge is 2.15. The highest BCUT2D eigenvalue weighted by molar-refractivity contribution is 5.77. The Labute approximate surface area is 153 Å². The number of benzene rings is 1. The number of hydrazine groups is 1. The number of hydrogen-bond acceptors (Lipinski definition) is 4. The first-order valence-electron chi connectivity index (χ1n) is 8.28. The number of halogens is 3. The molecule has 2 N–H and O–H groups in total. The summed E-state index contributed by atoms with van der Waals surface area (Å²) in [6, 6.07) is 3.64. The van der Waals surface area contributed by atoms with Crippen LogP contribution in [0.2, 0.25) is 0 Å². The lowest BCUT2D eigenvalue weighted by atomic mass is 10.1. The Hall–Kier alpha value is -3.10. The van der Waals surface area contributed by atoms with Crippen LogP contribution in [0.15, 0.2) is 18.2 Å². The zero-order chi connectivity index (χ0) is 19.7. The van der Waals surface area contributed by atoms with Gasteiger partial charge in [0, 0.05) is 23.9 Å². The Kier molecular flexibility index (Phi) is 5.02. The van der Waals surface area contributed by atoms with Gasteiger partial charge in [0.05, 0.1) is 11.4 Å². The number of fused-ring (bicyclic) bond motifs is 1. The Bertz CT molecular complexity index is 1030. The maximum absolute atomic E-state index is 13.6.